The first kappa shape index (κ1) is 15.8. The largest absolute Gasteiger partial charge is 0.352 e. The van der Waals surface area contributed by atoms with Crippen LogP contribution < -0.4 is 10.6 Å². The molecule has 23 heavy (non-hydrogen) atoms. The average molecular weight is 312 g/mol. The van der Waals surface area contributed by atoms with Crippen LogP contribution in [0.2, 0.25) is 0 Å². The summed E-state index contributed by atoms with van der Waals surface area (Å²) in [6, 6.07) is 9.67. The number of allylic oxidation sites excluding steroid dienone is 2. The number of nitrogens with one attached hydrogen (secondary N) is 2. The highest BCUT2D eigenvalue weighted by Gasteiger charge is 2.30. The SMILES string of the molecule is O=C(NC(Cc1ccccc1)C(=O)NC1CC1)C1CC=CCC1. The summed E-state index contributed by atoms with van der Waals surface area (Å²) in [5.74, 6) is -0.0655. The van der Waals surface area contributed by atoms with Crippen molar-refractivity contribution in [3.8, 4) is 0 Å². The highest BCUT2D eigenvalue weighted by Crippen LogP contribution is 2.20. The van der Waals surface area contributed by atoms with Crippen LogP contribution in [0.25, 0.3) is 0 Å². The normalized spacial score (nSPS) is 21.5. The molecule has 1 aromatic carbocycles. The highest BCUT2D eigenvalue weighted by atomic mass is 16.2. The Kier molecular flexibility index (Phi) is 5.11. The van der Waals surface area contributed by atoms with E-state index in [1.807, 2.05) is 30.3 Å². The first-order valence-corrected chi connectivity index (χ1v) is 8.52. The molecule has 2 amide bonds. The van der Waals surface area contributed by atoms with Crippen LogP contribution in [0.15, 0.2) is 42.5 Å². The van der Waals surface area contributed by atoms with Crippen molar-refractivity contribution in [2.75, 3.05) is 0 Å². The maximum Gasteiger partial charge on any atom is 0.243 e. The van der Waals surface area contributed by atoms with E-state index in [1.54, 1.807) is 0 Å². The van der Waals surface area contributed by atoms with Gasteiger partial charge < -0.3 is 10.6 Å². The molecule has 1 aromatic rings. The number of hydrogen-bond acceptors (Lipinski definition) is 2. The van der Waals surface area contributed by atoms with Crippen molar-refractivity contribution >= 4 is 11.8 Å². The highest BCUT2D eigenvalue weighted by molar-refractivity contribution is 5.89. The number of benzene rings is 1. The van der Waals surface area contributed by atoms with Gasteiger partial charge in [-0.3, -0.25) is 9.59 Å². The average Bonchev–Trinajstić information content (AvgIpc) is 3.40. The lowest BCUT2D eigenvalue weighted by atomic mass is 9.93. The predicted octanol–water partition coefficient (Wildman–Crippen LogP) is 2.35. The summed E-state index contributed by atoms with van der Waals surface area (Å²) in [6.07, 6.45) is 9.38. The summed E-state index contributed by atoms with van der Waals surface area (Å²) in [5.41, 5.74) is 1.06. The minimum atomic E-state index is -0.489. The van der Waals surface area contributed by atoms with Gasteiger partial charge >= 0.3 is 0 Å². The van der Waals surface area contributed by atoms with Gasteiger partial charge in [0.1, 0.15) is 6.04 Å². The van der Waals surface area contributed by atoms with Gasteiger partial charge in [-0.1, -0.05) is 42.5 Å². The Morgan fingerprint density at radius 2 is 1.87 bits per heavy atom. The lowest BCUT2D eigenvalue weighted by Crippen LogP contribution is -2.50. The van der Waals surface area contributed by atoms with E-state index in [1.165, 1.54) is 0 Å². The van der Waals surface area contributed by atoms with Gasteiger partial charge in [-0.2, -0.15) is 0 Å². The third-order valence-electron chi connectivity index (χ3n) is 4.48. The summed E-state index contributed by atoms with van der Waals surface area (Å²) in [7, 11) is 0. The van der Waals surface area contributed by atoms with Crippen LogP contribution >= 0.6 is 0 Å². The van der Waals surface area contributed by atoms with E-state index in [2.05, 4.69) is 22.8 Å². The third-order valence-corrected chi connectivity index (χ3v) is 4.48. The molecule has 2 aliphatic carbocycles. The maximum absolute atomic E-state index is 12.5. The molecule has 0 heterocycles. The Morgan fingerprint density at radius 3 is 2.52 bits per heavy atom. The molecule has 122 valence electrons. The second-order valence-electron chi connectivity index (χ2n) is 6.52. The molecule has 0 radical (unpaired) electrons. The fourth-order valence-corrected chi connectivity index (χ4v) is 2.91. The monoisotopic (exact) mass is 312 g/mol. The van der Waals surface area contributed by atoms with E-state index in [0.717, 1.165) is 37.7 Å². The van der Waals surface area contributed by atoms with Crippen LogP contribution in [0.5, 0.6) is 0 Å². The summed E-state index contributed by atoms with van der Waals surface area (Å²) >= 11 is 0. The molecule has 4 heteroatoms. The molecule has 1 fully saturated rings. The quantitative estimate of drug-likeness (QED) is 0.792. The van der Waals surface area contributed by atoms with Crippen LogP contribution in [-0.2, 0) is 16.0 Å². The van der Waals surface area contributed by atoms with E-state index in [-0.39, 0.29) is 17.7 Å². The second-order valence-corrected chi connectivity index (χ2v) is 6.52. The number of carbonyl (C=O) groups is 2. The van der Waals surface area contributed by atoms with Crippen molar-refractivity contribution in [3.63, 3.8) is 0 Å². The zero-order valence-corrected chi connectivity index (χ0v) is 13.3. The first-order chi connectivity index (χ1) is 11.2. The maximum atomic E-state index is 12.5. The summed E-state index contributed by atoms with van der Waals surface area (Å²) in [4.78, 5) is 25.0. The molecule has 0 aromatic heterocycles. The molecule has 0 bridgehead atoms. The van der Waals surface area contributed by atoms with E-state index in [9.17, 15) is 9.59 Å². The Balaban J connectivity index is 1.64. The molecule has 1 saturated carbocycles. The van der Waals surface area contributed by atoms with Gasteiger partial charge in [0.25, 0.3) is 0 Å². The lowest BCUT2D eigenvalue weighted by molar-refractivity contribution is -0.131. The van der Waals surface area contributed by atoms with Crippen molar-refractivity contribution in [2.45, 2.75) is 50.6 Å². The topological polar surface area (TPSA) is 58.2 Å². The molecular weight excluding hydrogens is 288 g/mol. The van der Waals surface area contributed by atoms with E-state index < -0.39 is 6.04 Å². The van der Waals surface area contributed by atoms with Gasteiger partial charge in [0.15, 0.2) is 0 Å². The Hall–Kier alpha value is -2.10. The molecule has 0 aliphatic heterocycles. The van der Waals surface area contributed by atoms with Gasteiger partial charge in [0.2, 0.25) is 11.8 Å². The number of carbonyl (C=O) groups excluding carboxylic acids is 2. The van der Waals surface area contributed by atoms with Crippen LogP contribution in [0.1, 0.15) is 37.7 Å². The molecule has 2 aliphatic rings. The minimum Gasteiger partial charge on any atom is -0.352 e. The molecule has 0 saturated heterocycles. The van der Waals surface area contributed by atoms with Crippen molar-refractivity contribution in [2.24, 2.45) is 5.92 Å². The fraction of sp³-hybridized carbons (Fsp3) is 0.474. The lowest BCUT2D eigenvalue weighted by Gasteiger charge is -2.23. The summed E-state index contributed by atoms with van der Waals surface area (Å²) < 4.78 is 0. The van der Waals surface area contributed by atoms with Crippen molar-refractivity contribution in [1.82, 2.24) is 10.6 Å². The third kappa shape index (κ3) is 4.68. The van der Waals surface area contributed by atoms with E-state index in [4.69, 9.17) is 0 Å². The predicted molar refractivity (Wildman–Crippen MR) is 89.7 cm³/mol. The van der Waals surface area contributed by atoms with Crippen LogP contribution in [0, 0.1) is 5.92 Å². The zero-order chi connectivity index (χ0) is 16.1. The van der Waals surface area contributed by atoms with Gasteiger partial charge in [-0.05, 0) is 37.7 Å². The molecule has 2 N–H and O–H groups in total. The van der Waals surface area contributed by atoms with Gasteiger partial charge in [0.05, 0.1) is 0 Å². The Labute approximate surface area is 137 Å². The van der Waals surface area contributed by atoms with Gasteiger partial charge in [0, 0.05) is 18.4 Å². The van der Waals surface area contributed by atoms with E-state index >= 15 is 0 Å². The minimum absolute atomic E-state index is 0.00114. The molecule has 3 rings (SSSR count). The first-order valence-electron chi connectivity index (χ1n) is 8.52. The Bertz CT molecular complexity index is 578. The number of hydrogen-bond donors (Lipinski definition) is 2. The number of rotatable bonds is 6. The molecule has 2 atom stereocenters. The summed E-state index contributed by atoms with van der Waals surface area (Å²) in [5, 5.41) is 6.00. The molecular formula is C19H24N2O2. The van der Waals surface area contributed by atoms with Crippen LogP contribution in [0.4, 0.5) is 0 Å². The zero-order valence-electron chi connectivity index (χ0n) is 13.3. The summed E-state index contributed by atoms with van der Waals surface area (Å²) in [6.45, 7) is 0. The van der Waals surface area contributed by atoms with Crippen molar-refractivity contribution in [3.05, 3.63) is 48.0 Å². The number of amides is 2. The standard InChI is InChI=1S/C19H24N2O2/c22-18(15-9-5-2-6-10-15)21-17(19(23)20-16-11-12-16)13-14-7-3-1-4-8-14/h1-5,7-8,15-17H,6,9-13H2,(H,20,23)(H,21,22). The van der Waals surface area contributed by atoms with Crippen LogP contribution in [0.3, 0.4) is 0 Å². The molecule has 2 unspecified atom stereocenters. The van der Waals surface area contributed by atoms with Gasteiger partial charge in [-0.25, -0.2) is 0 Å². The fourth-order valence-electron chi connectivity index (χ4n) is 2.91. The second kappa shape index (κ2) is 7.44. The van der Waals surface area contributed by atoms with Crippen LogP contribution in [-0.4, -0.2) is 23.9 Å². The van der Waals surface area contributed by atoms with Gasteiger partial charge in [-0.15, -0.1) is 0 Å². The Morgan fingerprint density at radius 1 is 1.09 bits per heavy atom. The van der Waals surface area contributed by atoms with Crippen molar-refractivity contribution < 1.29 is 9.59 Å². The molecule has 4 nitrogen and oxygen atoms in total. The van der Waals surface area contributed by atoms with Crippen molar-refractivity contribution in [1.29, 1.82) is 0 Å². The smallest absolute Gasteiger partial charge is 0.243 e. The molecule has 0 spiro atoms. The van der Waals surface area contributed by atoms with E-state index in [0.29, 0.717) is 12.5 Å².